The van der Waals surface area contributed by atoms with Gasteiger partial charge in [0.1, 0.15) is 0 Å². The van der Waals surface area contributed by atoms with Crippen LogP contribution in [0, 0.1) is 10.8 Å². The summed E-state index contributed by atoms with van der Waals surface area (Å²) in [5, 5.41) is 7.40. The zero-order valence-corrected chi connectivity index (χ0v) is 9.74. The molecule has 86 valence electrons. The molecule has 1 aromatic rings. The van der Waals surface area contributed by atoms with E-state index in [-0.39, 0.29) is 5.41 Å². The normalized spacial score (nSPS) is 16.8. The lowest BCUT2D eigenvalue weighted by molar-refractivity contribution is 0.530. The third kappa shape index (κ3) is 2.54. The average Bonchev–Trinajstić information content (AvgIpc) is 2.98. The van der Waals surface area contributed by atoms with Crippen molar-refractivity contribution in [3.05, 3.63) is 30.3 Å². The molecule has 0 aromatic heterocycles. The highest BCUT2D eigenvalue weighted by Gasteiger charge is 2.43. The smallest absolute Gasteiger partial charge is 0.0911 e. The highest BCUT2D eigenvalue weighted by molar-refractivity contribution is 5.78. The van der Waals surface area contributed by atoms with Crippen LogP contribution in [0.4, 0.5) is 5.69 Å². The molecule has 0 saturated heterocycles. The van der Waals surface area contributed by atoms with E-state index in [0.717, 1.165) is 13.0 Å². The van der Waals surface area contributed by atoms with Crippen LogP contribution in [0.25, 0.3) is 0 Å². The summed E-state index contributed by atoms with van der Waals surface area (Å²) in [6, 6.07) is 10.4. The van der Waals surface area contributed by atoms with Gasteiger partial charge < -0.3 is 10.6 Å². The van der Waals surface area contributed by atoms with Gasteiger partial charge in [-0.15, -0.1) is 0 Å². The van der Waals surface area contributed by atoms with Gasteiger partial charge in [0.2, 0.25) is 0 Å². The lowest BCUT2D eigenvalue weighted by atomic mass is 10.0. The number of amidine groups is 1. The molecule has 0 bridgehead atoms. The minimum absolute atomic E-state index is 0.274. The van der Waals surface area contributed by atoms with Crippen molar-refractivity contribution in [2.24, 2.45) is 11.1 Å². The van der Waals surface area contributed by atoms with Crippen LogP contribution in [0.5, 0.6) is 0 Å². The second-order valence-electron chi connectivity index (χ2n) is 4.89. The molecular formula is C13H19N3. The summed E-state index contributed by atoms with van der Waals surface area (Å²) in [6.45, 7) is 0.997. The molecule has 3 heteroatoms. The highest BCUT2D eigenvalue weighted by atomic mass is 15.1. The molecule has 0 amide bonds. The molecule has 3 N–H and O–H groups in total. The van der Waals surface area contributed by atoms with E-state index < -0.39 is 0 Å². The van der Waals surface area contributed by atoms with Crippen molar-refractivity contribution in [3.63, 3.8) is 0 Å². The van der Waals surface area contributed by atoms with Gasteiger partial charge >= 0.3 is 0 Å². The Kier molecular flexibility index (Phi) is 2.86. The van der Waals surface area contributed by atoms with Gasteiger partial charge in [-0.3, -0.25) is 5.41 Å². The zero-order chi connectivity index (χ0) is 11.6. The number of hydrogen-bond acceptors (Lipinski definition) is 2. The Hall–Kier alpha value is -1.51. The molecule has 2 rings (SSSR count). The number of nitrogens with one attached hydrogen (secondary N) is 1. The molecule has 1 fully saturated rings. The third-order valence-corrected chi connectivity index (χ3v) is 3.29. The van der Waals surface area contributed by atoms with Crippen LogP contribution < -0.4 is 10.6 Å². The van der Waals surface area contributed by atoms with Gasteiger partial charge in [0, 0.05) is 25.7 Å². The number of benzene rings is 1. The van der Waals surface area contributed by atoms with Crippen LogP contribution in [-0.4, -0.2) is 19.4 Å². The Morgan fingerprint density at radius 2 is 2.00 bits per heavy atom. The van der Waals surface area contributed by atoms with Gasteiger partial charge in [-0.1, -0.05) is 18.2 Å². The fourth-order valence-electron chi connectivity index (χ4n) is 2.25. The van der Waals surface area contributed by atoms with E-state index in [9.17, 15) is 0 Å². The molecule has 16 heavy (non-hydrogen) atoms. The van der Waals surface area contributed by atoms with E-state index in [2.05, 4.69) is 36.2 Å². The first-order valence-corrected chi connectivity index (χ1v) is 5.70. The monoisotopic (exact) mass is 217 g/mol. The van der Waals surface area contributed by atoms with Crippen LogP contribution in [0.1, 0.15) is 19.3 Å². The van der Waals surface area contributed by atoms with Crippen LogP contribution in [0.15, 0.2) is 30.3 Å². The average molecular weight is 217 g/mol. The number of para-hydroxylation sites is 1. The van der Waals surface area contributed by atoms with E-state index in [1.54, 1.807) is 0 Å². The van der Waals surface area contributed by atoms with Gasteiger partial charge in [0.05, 0.1) is 5.84 Å². The summed E-state index contributed by atoms with van der Waals surface area (Å²) in [5.41, 5.74) is 7.01. The van der Waals surface area contributed by atoms with E-state index in [0.29, 0.717) is 5.84 Å². The van der Waals surface area contributed by atoms with E-state index >= 15 is 0 Å². The molecule has 1 aliphatic carbocycles. The fraction of sp³-hybridized carbons (Fsp3) is 0.462. The van der Waals surface area contributed by atoms with Crippen LogP contribution in [0.2, 0.25) is 0 Å². The van der Waals surface area contributed by atoms with Crippen LogP contribution >= 0.6 is 0 Å². The summed E-state index contributed by atoms with van der Waals surface area (Å²) in [5.74, 6) is 0.318. The maximum atomic E-state index is 7.40. The van der Waals surface area contributed by atoms with Crippen LogP contribution in [0.3, 0.4) is 0 Å². The van der Waals surface area contributed by atoms with Crippen molar-refractivity contribution in [2.75, 3.05) is 18.5 Å². The van der Waals surface area contributed by atoms with E-state index in [1.807, 2.05) is 6.07 Å². The molecule has 1 saturated carbocycles. The molecule has 0 atom stereocenters. The molecule has 3 nitrogen and oxygen atoms in total. The Labute approximate surface area is 96.8 Å². The molecule has 1 aliphatic rings. The first-order chi connectivity index (χ1) is 7.61. The molecule has 0 unspecified atom stereocenters. The van der Waals surface area contributed by atoms with E-state index in [4.69, 9.17) is 11.1 Å². The number of rotatable bonds is 5. The minimum atomic E-state index is 0.274. The van der Waals surface area contributed by atoms with Gasteiger partial charge in [-0.25, -0.2) is 0 Å². The van der Waals surface area contributed by atoms with E-state index in [1.165, 1.54) is 18.5 Å². The highest BCUT2D eigenvalue weighted by Crippen LogP contribution is 2.49. The Morgan fingerprint density at radius 1 is 1.38 bits per heavy atom. The van der Waals surface area contributed by atoms with Crippen LogP contribution in [-0.2, 0) is 0 Å². The summed E-state index contributed by atoms with van der Waals surface area (Å²) >= 11 is 0. The van der Waals surface area contributed by atoms with Crippen molar-refractivity contribution in [2.45, 2.75) is 19.3 Å². The van der Waals surface area contributed by atoms with Crippen molar-refractivity contribution in [3.8, 4) is 0 Å². The second kappa shape index (κ2) is 4.16. The van der Waals surface area contributed by atoms with Crippen molar-refractivity contribution in [1.29, 1.82) is 5.41 Å². The van der Waals surface area contributed by atoms with Crippen molar-refractivity contribution in [1.82, 2.24) is 0 Å². The van der Waals surface area contributed by atoms with Gasteiger partial charge in [-0.05, 0) is 30.4 Å². The number of anilines is 1. The number of nitrogens with zero attached hydrogens (tertiary/aromatic N) is 1. The first kappa shape index (κ1) is 11.0. The standard InChI is InChI=1S/C13H19N3/c1-16(11-5-3-2-4-6-11)10-13(7-8-13)9-12(14)15/h2-6H,7-10H2,1H3,(H3,14,15). The Morgan fingerprint density at radius 3 is 2.50 bits per heavy atom. The number of hydrogen-bond donors (Lipinski definition) is 2. The number of nitrogens with two attached hydrogens (primary N) is 1. The largest absolute Gasteiger partial charge is 0.388 e. The van der Waals surface area contributed by atoms with Gasteiger partial charge in [-0.2, -0.15) is 0 Å². The molecule has 0 aliphatic heterocycles. The lowest BCUT2D eigenvalue weighted by Gasteiger charge is -2.25. The Bertz CT molecular complexity index is 368. The summed E-state index contributed by atoms with van der Waals surface area (Å²) in [7, 11) is 2.11. The third-order valence-electron chi connectivity index (χ3n) is 3.29. The predicted molar refractivity (Wildman–Crippen MR) is 67.9 cm³/mol. The zero-order valence-electron chi connectivity index (χ0n) is 9.74. The van der Waals surface area contributed by atoms with Gasteiger partial charge in [0.25, 0.3) is 0 Å². The molecule has 1 aromatic carbocycles. The van der Waals surface area contributed by atoms with Crippen molar-refractivity contribution >= 4 is 11.5 Å². The maximum absolute atomic E-state index is 7.40. The SMILES string of the molecule is CN(CC1(CC(=N)N)CC1)c1ccccc1. The summed E-state index contributed by atoms with van der Waals surface area (Å²) < 4.78 is 0. The fourth-order valence-corrected chi connectivity index (χ4v) is 2.25. The Balaban J connectivity index is 1.98. The quantitative estimate of drug-likeness (QED) is 0.587. The molecular weight excluding hydrogens is 198 g/mol. The molecule has 0 spiro atoms. The van der Waals surface area contributed by atoms with Gasteiger partial charge in [0.15, 0.2) is 0 Å². The van der Waals surface area contributed by atoms with Crippen molar-refractivity contribution < 1.29 is 0 Å². The molecule has 0 radical (unpaired) electrons. The summed E-state index contributed by atoms with van der Waals surface area (Å²) in [4.78, 5) is 2.26. The first-order valence-electron chi connectivity index (χ1n) is 5.70. The minimum Gasteiger partial charge on any atom is -0.388 e. The lowest BCUT2D eigenvalue weighted by Crippen LogP contribution is -2.29. The maximum Gasteiger partial charge on any atom is 0.0911 e. The summed E-state index contributed by atoms with van der Waals surface area (Å²) in [6.07, 6.45) is 3.14. The second-order valence-corrected chi connectivity index (χ2v) is 4.89. The predicted octanol–water partition coefficient (Wildman–Crippen LogP) is 2.23. The molecule has 0 heterocycles. The topological polar surface area (TPSA) is 53.1 Å².